The van der Waals surface area contributed by atoms with Crippen LogP contribution in [-0.4, -0.2) is 33.1 Å². The predicted octanol–water partition coefficient (Wildman–Crippen LogP) is 1.75. The molecule has 19 heavy (non-hydrogen) atoms. The minimum Gasteiger partial charge on any atom is -0.351 e. The van der Waals surface area contributed by atoms with Crippen LogP contribution in [0, 0.1) is 0 Å². The molecule has 8 heteroatoms. The van der Waals surface area contributed by atoms with Crippen molar-refractivity contribution in [1.29, 1.82) is 0 Å². The van der Waals surface area contributed by atoms with Gasteiger partial charge in [-0.15, -0.1) is 10.2 Å². The second kappa shape index (κ2) is 4.22. The molecule has 0 amide bonds. The fourth-order valence-corrected chi connectivity index (χ4v) is 1.95. The molecule has 0 spiro atoms. The maximum Gasteiger partial charge on any atom is 0.435 e. The SMILES string of the molecule is FC(F)(F)c1ccc(N2CC(n3cccn3)C2)nn1. The molecule has 0 N–H and O–H groups in total. The van der Waals surface area contributed by atoms with E-state index in [1.165, 1.54) is 6.07 Å². The van der Waals surface area contributed by atoms with Crippen molar-refractivity contribution in [2.45, 2.75) is 12.2 Å². The minimum absolute atomic E-state index is 0.235. The summed E-state index contributed by atoms with van der Waals surface area (Å²) in [6.45, 7) is 1.34. The Bertz CT molecular complexity index is 543. The van der Waals surface area contributed by atoms with E-state index in [1.54, 1.807) is 6.20 Å². The molecule has 1 saturated heterocycles. The highest BCUT2D eigenvalue weighted by atomic mass is 19.4. The number of nitrogens with zero attached hydrogens (tertiary/aromatic N) is 5. The molecule has 3 heterocycles. The Labute approximate surface area is 106 Å². The van der Waals surface area contributed by atoms with E-state index in [-0.39, 0.29) is 6.04 Å². The lowest BCUT2D eigenvalue weighted by molar-refractivity contribution is -0.141. The molecule has 1 aliphatic heterocycles. The fourth-order valence-electron chi connectivity index (χ4n) is 1.95. The number of rotatable bonds is 2. The molecule has 0 radical (unpaired) electrons. The summed E-state index contributed by atoms with van der Waals surface area (Å²) in [6.07, 6.45) is -0.890. The van der Waals surface area contributed by atoms with E-state index in [0.29, 0.717) is 18.9 Å². The first-order valence-electron chi connectivity index (χ1n) is 5.69. The molecular formula is C11H10F3N5. The first-order valence-corrected chi connectivity index (χ1v) is 5.69. The average Bonchev–Trinajstić information content (AvgIpc) is 2.80. The zero-order valence-corrected chi connectivity index (χ0v) is 9.75. The van der Waals surface area contributed by atoms with Crippen LogP contribution in [0.1, 0.15) is 11.7 Å². The maximum atomic E-state index is 12.3. The van der Waals surface area contributed by atoms with Crippen molar-refractivity contribution in [3.05, 3.63) is 36.3 Å². The summed E-state index contributed by atoms with van der Waals surface area (Å²) >= 11 is 0. The minimum atomic E-state index is -4.45. The molecule has 5 nitrogen and oxygen atoms in total. The van der Waals surface area contributed by atoms with Crippen molar-refractivity contribution >= 4 is 5.82 Å². The van der Waals surface area contributed by atoms with Gasteiger partial charge in [0.15, 0.2) is 11.5 Å². The zero-order chi connectivity index (χ0) is 13.5. The second-order valence-electron chi connectivity index (χ2n) is 4.32. The molecule has 3 rings (SSSR count). The van der Waals surface area contributed by atoms with Crippen LogP contribution >= 0.6 is 0 Å². The predicted molar refractivity (Wildman–Crippen MR) is 60.5 cm³/mol. The highest BCUT2D eigenvalue weighted by Crippen LogP contribution is 2.29. The molecule has 2 aromatic heterocycles. The van der Waals surface area contributed by atoms with Crippen LogP contribution in [0.25, 0.3) is 0 Å². The number of halogens is 3. The third kappa shape index (κ3) is 2.25. The Balaban J connectivity index is 1.66. The van der Waals surface area contributed by atoms with Crippen molar-refractivity contribution in [3.8, 4) is 0 Å². The lowest BCUT2D eigenvalue weighted by atomic mass is 10.1. The molecule has 0 saturated carbocycles. The normalized spacial score (nSPS) is 16.5. The summed E-state index contributed by atoms with van der Waals surface area (Å²) in [5.74, 6) is 0.455. The molecular weight excluding hydrogens is 259 g/mol. The van der Waals surface area contributed by atoms with Gasteiger partial charge in [0.2, 0.25) is 0 Å². The van der Waals surface area contributed by atoms with Crippen LogP contribution in [0.3, 0.4) is 0 Å². The van der Waals surface area contributed by atoms with Gasteiger partial charge in [-0.25, -0.2) is 0 Å². The Kier molecular flexibility index (Phi) is 2.65. The van der Waals surface area contributed by atoms with Crippen molar-refractivity contribution in [3.63, 3.8) is 0 Å². The van der Waals surface area contributed by atoms with Crippen LogP contribution in [0.4, 0.5) is 19.0 Å². The van der Waals surface area contributed by atoms with Gasteiger partial charge in [-0.2, -0.15) is 18.3 Å². The van der Waals surface area contributed by atoms with Gasteiger partial charge in [-0.1, -0.05) is 0 Å². The number of hydrogen-bond acceptors (Lipinski definition) is 4. The number of hydrogen-bond donors (Lipinski definition) is 0. The third-order valence-electron chi connectivity index (χ3n) is 3.03. The summed E-state index contributed by atoms with van der Waals surface area (Å²) < 4.78 is 38.8. The van der Waals surface area contributed by atoms with Gasteiger partial charge in [-0.05, 0) is 18.2 Å². The Morgan fingerprint density at radius 2 is 1.95 bits per heavy atom. The van der Waals surface area contributed by atoms with E-state index in [0.717, 1.165) is 6.07 Å². The van der Waals surface area contributed by atoms with E-state index in [9.17, 15) is 13.2 Å². The zero-order valence-electron chi connectivity index (χ0n) is 9.75. The number of alkyl halides is 3. The molecule has 1 fully saturated rings. The standard InChI is InChI=1S/C11H10F3N5/c12-11(13,14)9-2-3-10(17-16-9)18-6-8(7-18)19-5-1-4-15-19/h1-5,8H,6-7H2. The summed E-state index contributed by atoms with van der Waals surface area (Å²) in [7, 11) is 0. The number of aromatic nitrogens is 4. The Hall–Kier alpha value is -2.12. The van der Waals surface area contributed by atoms with Crippen molar-refractivity contribution < 1.29 is 13.2 Å². The largest absolute Gasteiger partial charge is 0.435 e. The molecule has 1 aliphatic rings. The summed E-state index contributed by atoms with van der Waals surface area (Å²) in [5.41, 5.74) is -0.972. The highest BCUT2D eigenvalue weighted by Gasteiger charge is 2.34. The average molecular weight is 269 g/mol. The van der Waals surface area contributed by atoms with E-state index in [2.05, 4.69) is 15.3 Å². The van der Waals surface area contributed by atoms with Crippen LogP contribution in [0.5, 0.6) is 0 Å². The van der Waals surface area contributed by atoms with Crippen LogP contribution < -0.4 is 4.90 Å². The molecule has 0 aliphatic carbocycles. The van der Waals surface area contributed by atoms with Crippen LogP contribution in [0.2, 0.25) is 0 Å². The van der Waals surface area contributed by atoms with Crippen LogP contribution in [-0.2, 0) is 6.18 Å². The second-order valence-corrected chi connectivity index (χ2v) is 4.32. The van der Waals surface area contributed by atoms with Gasteiger partial charge < -0.3 is 4.90 Å². The third-order valence-corrected chi connectivity index (χ3v) is 3.03. The lowest BCUT2D eigenvalue weighted by Crippen LogP contribution is -2.48. The maximum absolute atomic E-state index is 12.3. The summed E-state index contributed by atoms with van der Waals surface area (Å²) in [5, 5.41) is 10.9. The first kappa shape index (κ1) is 11.9. The van der Waals surface area contributed by atoms with Gasteiger partial charge in [0.1, 0.15) is 0 Å². The fraction of sp³-hybridized carbons (Fsp3) is 0.364. The summed E-state index contributed by atoms with van der Waals surface area (Å²) in [4.78, 5) is 1.86. The molecule has 0 aromatic carbocycles. The van der Waals surface area contributed by atoms with Gasteiger partial charge >= 0.3 is 6.18 Å². The molecule has 100 valence electrons. The smallest absolute Gasteiger partial charge is 0.351 e. The van der Waals surface area contributed by atoms with Gasteiger partial charge in [0.25, 0.3) is 0 Å². The molecule has 0 atom stereocenters. The lowest BCUT2D eigenvalue weighted by Gasteiger charge is -2.39. The highest BCUT2D eigenvalue weighted by molar-refractivity contribution is 5.41. The van der Waals surface area contributed by atoms with E-state index in [1.807, 2.05) is 21.8 Å². The molecule has 0 bridgehead atoms. The summed E-state index contributed by atoms with van der Waals surface area (Å²) in [6, 6.07) is 4.36. The van der Waals surface area contributed by atoms with Gasteiger partial charge in [0.05, 0.1) is 6.04 Å². The molecule has 2 aromatic rings. The van der Waals surface area contributed by atoms with Crippen molar-refractivity contribution in [2.24, 2.45) is 0 Å². The van der Waals surface area contributed by atoms with Crippen molar-refractivity contribution in [2.75, 3.05) is 18.0 Å². The number of anilines is 1. The van der Waals surface area contributed by atoms with Gasteiger partial charge in [-0.3, -0.25) is 4.68 Å². The monoisotopic (exact) mass is 269 g/mol. The van der Waals surface area contributed by atoms with Gasteiger partial charge in [0, 0.05) is 25.5 Å². The quantitative estimate of drug-likeness (QED) is 0.833. The first-order chi connectivity index (χ1) is 9.04. The topological polar surface area (TPSA) is 46.8 Å². The van der Waals surface area contributed by atoms with E-state index in [4.69, 9.17) is 0 Å². The Morgan fingerprint density at radius 3 is 2.47 bits per heavy atom. The van der Waals surface area contributed by atoms with E-state index >= 15 is 0 Å². The molecule has 0 unspecified atom stereocenters. The van der Waals surface area contributed by atoms with Crippen LogP contribution in [0.15, 0.2) is 30.6 Å². The van der Waals surface area contributed by atoms with E-state index < -0.39 is 11.9 Å². The Morgan fingerprint density at radius 1 is 1.16 bits per heavy atom. The van der Waals surface area contributed by atoms with Crippen molar-refractivity contribution in [1.82, 2.24) is 20.0 Å².